The molecule has 1 N–H and O–H groups in total. The molecule has 0 bridgehead atoms. The van der Waals surface area contributed by atoms with E-state index in [1.54, 1.807) is 23.5 Å². The molecule has 0 spiro atoms. The number of ether oxygens (including phenoxy) is 1. The van der Waals surface area contributed by atoms with E-state index in [-0.39, 0.29) is 17.6 Å². The highest BCUT2D eigenvalue weighted by Gasteiger charge is 2.32. The van der Waals surface area contributed by atoms with Crippen molar-refractivity contribution >= 4 is 22.9 Å². The summed E-state index contributed by atoms with van der Waals surface area (Å²) in [5, 5.41) is 5.04. The molecule has 1 aliphatic rings. The van der Waals surface area contributed by atoms with Crippen molar-refractivity contribution in [2.24, 2.45) is 0 Å². The SMILES string of the molecule is CCOc1ccccc1[C@@H]1CC(=O)Nc2c(-c3ccc(F)cc3)csc21. The predicted octanol–water partition coefficient (Wildman–Crippen LogP) is 5.43. The van der Waals surface area contributed by atoms with E-state index in [1.165, 1.54) is 12.1 Å². The fourth-order valence-electron chi connectivity index (χ4n) is 3.38. The molecule has 0 aliphatic carbocycles. The number of rotatable bonds is 4. The van der Waals surface area contributed by atoms with Gasteiger partial charge in [0.05, 0.1) is 12.3 Å². The number of fused-ring (bicyclic) bond motifs is 1. The van der Waals surface area contributed by atoms with Crippen molar-refractivity contribution in [2.45, 2.75) is 19.3 Å². The van der Waals surface area contributed by atoms with Crippen LogP contribution in [-0.4, -0.2) is 12.5 Å². The Hall–Kier alpha value is -2.66. The molecule has 0 saturated carbocycles. The molecule has 0 radical (unpaired) electrons. The van der Waals surface area contributed by atoms with Gasteiger partial charge < -0.3 is 10.1 Å². The summed E-state index contributed by atoms with van der Waals surface area (Å²) in [4.78, 5) is 13.5. The first-order valence-corrected chi connectivity index (χ1v) is 9.44. The van der Waals surface area contributed by atoms with Gasteiger partial charge >= 0.3 is 0 Å². The van der Waals surface area contributed by atoms with Gasteiger partial charge in [0.15, 0.2) is 0 Å². The molecule has 3 aromatic rings. The molecule has 1 amide bonds. The first kappa shape index (κ1) is 16.8. The molecule has 0 saturated heterocycles. The van der Waals surface area contributed by atoms with Gasteiger partial charge in [-0.2, -0.15) is 0 Å². The zero-order valence-corrected chi connectivity index (χ0v) is 15.1. The van der Waals surface area contributed by atoms with E-state index in [2.05, 4.69) is 5.32 Å². The van der Waals surface area contributed by atoms with Gasteiger partial charge in [-0.05, 0) is 30.7 Å². The van der Waals surface area contributed by atoms with E-state index in [4.69, 9.17) is 4.74 Å². The summed E-state index contributed by atoms with van der Waals surface area (Å²) in [5.41, 5.74) is 3.67. The zero-order valence-electron chi connectivity index (χ0n) is 14.3. The van der Waals surface area contributed by atoms with Crippen LogP contribution >= 0.6 is 11.3 Å². The van der Waals surface area contributed by atoms with Gasteiger partial charge in [0, 0.05) is 33.7 Å². The van der Waals surface area contributed by atoms with Crippen molar-refractivity contribution in [1.82, 2.24) is 0 Å². The van der Waals surface area contributed by atoms with Crippen molar-refractivity contribution in [3.63, 3.8) is 0 Å². The highest BCUT2D eigenvalue weighted by Crippen LogP contribution is 2.48. The standard InChI is InChI=1S/C21H18FNO2S/c1-2-25-18-6-4-3-5-15(18)16-11-19(24)23-20-17(12-26-21(16)20)13-7-9-14(22)10-8-13/h3-10,12,16H,2,11H2,1H3,(H,23,24)/t16-/m0/s1. The van der Waals surface area contributed by atoms with Crippen LogP contribution in [0.2, 0.25) is 0 Å². The Bertz CT molecular complexity index is 949. The average molecular weight is 367 g/mol. The summed E-state index contributed by atoms with van der Waals surface area (Å²) in [6.07, 6.45) is 0.389. The summed E-state index contributed by atoms with van der Waals surface area (Å²) in [6, 6.07) is 14.2. The molecule has 1 aliphatic heterocycles. The average Bonchev–Trinajstić information content (AvgIpc) is 3.06. The van der Waals surface area contributed by atoms with Gasteiger partial charge in [0.2, 0.25) is 5.91 Å². The lowest BCUT2D eigenvalue weighted by atomic mass is 9.88. The van der Waals surface area contributed by atoms with E-state index < -0.39 is 0 Å². The predicted molar refractivity (Wildman–Crippen MR) is 102 cm³/mol. The number of thiophene rings is 1. The molecular weight excluding hydrogens is 349 g/mol. The fourth-order valence-corrected chi connectivity index (χ4v) is 4.53. The first-order chi connectivity index (χ1) is 12.7. The summed E-state index contributed by atoms with van der Waals surface area (Å²) in [7, 11) is 0. The molecule has 5 heteroatoms. The number of carbonyl (C=O) groups excluding carboxylic acids is 1. The third kappa shape index (κ3) is 2.99. The normalized spacial score (nSPS) is 16.1. The van der Waals surface area contributed by atoms with Crippen molar-refractivity contribution in [3.8, 4) is 16.9 Å². The lowest BCUT2D eigenvalue weighted by molar-refractivity contribution is -0.116. The second-order valence-electron chi connectivity index (χ2n) is 6.17. The van der Waals surface area contributed by atoms with E-state index in [9.17, 15) is 9.18 Å². The molecule has 26 heavy (non-hydrogen) atoms. The maximum atomic E-state index is 13.2. The summed E-state index contributed by atoms with van der Waals surface area (Å²) < 4.78 is 19.0. The zero-order chi connectivity index (χ0) is 18.1. The van der Waals surface area contributed by atoms with Crippen LogP contribution in [0, 0.1) is 5.82 Å². The number of para-hydroxylation sites is 1. The minimum atomic E-state index is -0.273. The van der Waals surface area contributed by atoms with Crippen LogP contribution in [0.4, 0.5) is 10.1 Å². The van der Waals surface area contributed by atoms with Gasteiger partial charge in [0.1, 0.15) is 11.6 Å². The van der Waals surface area contributed by atoms with Crippen LogP contribution in [0.5, 0.6) is 5.75 Å². The number of benzene rings is 2. The van der Waals surface area contributed by atoms with Crippen LogP contribution in [-0.2, 0) is 4.79 Å². The highest BCUT2D eigenvalue weighted by atomic mass is 32.1. The Morgan fingerprint density at radius 3 is 2.73 bits per heavy atom. The Morgan fingerprint density at radius 2 is 1.96 bits per heavy atom. The third-order valence-electron chi connectivity index (χ3n) is 4.54. The number of anilines is 1. The Kier molecular flexibility index (Phi) is 4.47. The molecular formula is C21H18FNO2S. The molecule has 3 nitrogen and oxygen atoms in total. The van der Waals surface area contributed by atoms with Crippen LogP contribution in [0.1, 0.15) is 29.7 Å². The quantitative estimate of drug-likeness (QED) is 0.668. The molecule has 1 atom stereocenters. The Labute approximate surface area is 155 Å². The van der Waals surface area contributed by atoms with Gasteiger partial charge in [-0.25, -0.2) is 4.39 Å². The van der Waals surface area contributed by atoms with Crippen molar-refractivity contribution in [1.29, 1.82) is 0 Å². The summed E-state index contributed by atoms with van der Waals surface area (Å²) >= 11 is 1.62. The van der Waals surface area contributed by atoms with Gasteiger partial charge in [-0.3, -0.25) is 4.79 Å². The first-order valence-electron chi connectivity index (χ1n) is 8.56. The lowest BCUT2D eigenvalue weighted by Gasteiger charge is -2.25. The number of hydrogen-bond acceptors (Lipinski definition) is 3. The van der Waals surface area contributed by atoms with Crippen LogP contribution in [0.15, 0.2) is 53.9 Å². The monoisotopic (exact) mass is 367 g/mol. The smallest absolute Gasteiger partial charge is 0.225 e. The van der Waals surface area contributed by atoms with E-state index >= 15 is 0 Å². The van der Waals surface area contributed by atoms with E-state index in [0.717, 1.165) is 33.0 Å². The molecule has 4 rings (SSSR count). The van der Waals surface area contributed by atoms with E-state index in [0.29, 0.717) is 13.0 Å². The summed E-state index contributed by atoms with van der Waals surface area (Å²) in [5.74, 6) is 0.485. The maximum absolute atomic E-state index is 13.2. The number of nitrogens with one attached hydrogen (secondary N) is 1. The molecule has 132 valence electrons. The maximum Gasteiger partial charge on any atom is 0.225 e. The minimum Gasteiger partial charge on any atom is -0.494 e. The van der Waals surface area contributed by atoms with Crippen LogP contribution in [0.25, 0.3) is 11.1 Å². The lowest BCUT2D eigenvalue weighted by Crippen LogP contribution is -2.22. The molecule has 2 heterocycles. The molecule has 1 aromatic heterocycles. The number of amides is 1. The molecule has 2 aromatic carbocycles. The van der Waals surface area contributed by atoms with Crippen molar-refractivity contribution in [2.75, 3.05) is 11.9 Å². The number of halogens is 1. The number of carbonyl (C=O) groups is 1. The Morgan fingerprint density at radius 1 is 1.19 bits per heavy atom. The van der Waals surface area contributed by atoms with Crippen molar-refractivity contribution in [3.05, 3.63) is 70.2 Å². The second-order valence-corrected chi connectivity index (χ2v) is 7.08. The van der Waals surface area contributed by atoms with Crippen LogP contribution < -0.4 is 10.1 Å². The van der Waals surface area contributed by atoms with Gasteiger partial charge in [0.25, 0.3) is 0 Å². The van der Waals surface area contributed by atoms with Gasteiger partial charge in [-0.15, -0.1) is 11.3 Å². The highest BCUT2D eigenvalue weighted by molar-refractivity contribution is 7.11. The number of hydrogen-bond donors (Lipinski definition) is 1. The molecule has 0 fully saturated rings. The van der Waals surface area contributed by atoms with Gasteiger partial charge in [-0.1, -0.05) is 30.3 Å². The summed E-state index contributed by atoms with van der Waals surface area (Å²) in [6.45, 7) is 2.53. The fraction of sp³-hybridized carbons (Fsp3) is 0.190. The van der Waals surface area contributed by atoms with Crippen LogP contribution in [0.3, 0.4) is 0 Å². The Balaban J connectivity index is 1.80. The largest absolute Gasteiger partial charge is 0.494 e. The van der Waals surface area contributed by atoms with E-state index in [1.807, 2.05) is 36.6 Å². The van der Waals surface area contributed by atoms with Crippen molar-refractivity contribution < 1.29 is 13.9 Å². The second kappa shape index (κ2) is 6.92. The minimum absolute atomic E-state index is 0.0180. The topological polar surface area (TPSA) is 38.3 Å². The third-order valence-corrected chi connectivity index (χ3v) is 5.64. The molecule has 0 unspecified atom stereocenters.